The maximum Gasteiger partial charge on any atom is 0.313 e. The van der Waals surface area contributed by atoms with Gasteiger partial charge in [0.15, 0.2) is 0 Å². The second kappa shape index (κ2) is 11.6. The van der Waals surface area contributed by atoms with Crippen molar-refractivity contribution in [1.82, 2.24) is 10.2 Å². The van der Waals surface area contributed by atoms with Gasteiger partial charge in [0.2, 0.25) is 11.8 Å². The minimum Gasteiger partial charge on any atom is -0.460 e. The number of carbonyl (C=O) groups is 4. The number of aryl methyl sites for hydroxylation is 1. The summed E-state index contributed by atoms with van der Waals surface area (Å²) < 4.78 is 12.4. The van der Waals surface area contributed by atoms with Crippen LogP contribution in [0.4, 0.5) is 5.69 Å². The summed E-state index contributed by atoms with van der Waals surface area (Å²) in [6.45, 7) is 5.30. The van der Waals surface area contributed by atoms with Crippen molar-refractivity contribution in [3.05, 3.63) is 53.1 Å². The normalized spacial score (nSPS) is 33.5. The van der Waals surface area contributed by atoms with Gasteiger partial charge in [0.1, 0.15) is 23.7 Å². The average molecular weight is 586 g/mol. The van der Waals surface area contributed by atoms with Gasteiger partial charge in [0, 0.05) is 13.0 Å². The first-order chi connectivity index (χ1) is 19.6. The first-order valence-corrected chi connectivity index (χ1v) is 14.5. The number of aliphatic hydroxyl groups excluding tert-OH is 1. The maximum atomic E-state index is 14.6. The average Bonchev–Trinajstić information content (AvgIpc) is 3.32. The number of cyclic esters (lactones) is 1. The Morgan fingerprint density at radius 3 is 2.68 bits per heavy atom. The number of hydrogen-bond acceptors (Lipinski definition) is 7. The number of allylic oxidation sites excluding steroid dienone is 1. The fourth-order valence-corrected chi connectivity index (χ4v) is 6.90. The lowest BCUT2D eigenvalue weighted by Gasteiger charge is -2.38. The summed E-state index contributed by atoms with van der Waals surface area (Å²) >= 11 is 6.58. The van der Waals surface area contributed by atoms with E-state index in [-0.39, 0.29) is 32.0 Å². The lowest BCUT2D eigenvalue weighted by Crippen LogP contribution is -2.58. The smallest absolute Gasteiger partial charge is 0.313 e. The van der Waals surface area contributed by atoms with E-state index in [2.05, 4.69) is 5.32 Å². The molecule has 2 N–H and O–H groups in total. The highest BCUT2D eigenvalue weighted by atomic mass is 35.5. The van der Waals surface area contributed by atoms with Crippen LogP contribution in [-0.4, -0.2) is 83.3 Å². The molecular weight excluding hydrogens is 550 g/mol. The van der Waals surface area contributed by atoms with Crippen LogP contribution >= 0.6 is 11.6 Å². The highest BCUT2D eigenvalue weighted by Crippen LogP contribution is 2.54. The zero-order chi connectivity index (χ0) is 29.5. The molecule has 41 heavy (non-hydrogen) atoms. The predicted molar refractivity (Wildman–Crippen MR) is 151 cm³/mol. The van der Waals surface area contributed by atoms with Crippen molar-refractivity contribution < 1.29 is 33.8 Å². The van der Waals surface area contributed by atoms with Crippen molar-refractivity contribution >= 4 is 41.0 Å². The largest absolute Gasteiger partial charge is 0.460 e. The van der Waals surface area contributed by atoms with E-state index in [1.807, 2.05) is 19.9 Å². The molecule has 1 aromatic carbocycles. The number of para-hydroxylation sites is 1. The molecule has 220 valence electrons. The number of nitrogens with one attached hydrogen (secondary N) is 1. The van der Waals surface area contributed by atoms with Crippen molar-refractivity contribution in [3.63, 3.8) is 0 Å². The number of nitrogens with zero attached hydrogens (tertiary/aromatic N) is 2. The summed E-state index contributed by atoms with van der Waals surface area (Å²) in [6.07, 6.45) is 6.51. The van der Waals surface area contributed by atoms with Crippen LogP contribution in [0.25, 0.3) is 0 Å². The molecule has 0 radical (unpaired) electrons. The van der Waals surface area contributed by atoms with E-state index in [0.717, 1.165) is 5.56 Å². The first kappa shape index (κ1) is 29.3. The Morgan fingerprint density at radius 1 is 1.20 bits per heavy atom. The van der Waals surface area contributed by atoms with Crippen LogP contribution in [0.2, 0.25) is 5.02 Å². The number of esters is 1. The second-order valence-electron chi connectivity index (χ2n) is 11.1. The van der Waals surface area contributed by atoms with Crippen LogP contribution in [-0.2, 0) is 28.7 Å². The number of aliphatic hydroxyl groups is 1. The highest BCUT2D eigenvalue weighted by molar-refractivity contribution is 6.34. The molecule has 0 aliphatic carbocycles. The molecule has 0 saturated carbocycles. The van der Waals surface area contributed by atoms with Gasteiger partial charge in [0.25, 0.3) is 5.91 Å². The molecule has 11 heteroatoms. The molecule has 10 nitrogen and oxygen atoms in total. The van der Waals surface area contributed by atoms with Gasteiger partial charge in [-0.05, 0) is 38.3 Å². The topological polar surface area (TPSA) is 125 Å². The van der Waals surface area contributed by atoms with Crippen molar-refractivity contribution in [3.8, 4) is 0 Å². The van der Waals surface area contributed by atoms with Crippen LogP contribution in [0, 0.1) is 18.8 Å². The van der Waals surface area contributed by atoms with Gasteiger partial charge < -0.3 is 29.7 Å². The molecule has 4 heterocycles. The number of carbonyl (C=O) groups excluding carboxylic acids is 4. The Labute approximate surface area is 244 Å². The summed E-state index contributed by atoms with van der Waals surface area (Å²) in [5, 5.41) is 13.4. The van der Waals surface area contributed by atoms with E-state index in [1.165, 1.54) is 4.90 Å². The van der Waals surface area contributed by atoms with Crippen molar-refractivity contribution in [1.29, 1.82) is 0 Å². The van der Waals surface area contributed by atoms with Gasteiger partial charge in [-0.1, -0.05) is 55.0 Å². The van der Waals surface area contributed by atoms with E-state index in [4.69, 9.17) is 21.1 Å². The zero-order valence-corrected chi connectivity index (χ0v) is 24.2. The third-order valence-corrected chi connectivity index (χ3v) is 8.81. The summed E-state index contributed by atoms with van der Waals surface area (Å²) in [5.74, 6) is -3.76. The predicted octanol–water partition coefficient (Wildman–Crippen LogP) is 2.30. The fourth-order valence-electron chi connectivity index (χ4n) is 6.57. The Morgan fingerprint density at radius 2 is 1.98 bits per heavy atom. The first-order valence-electron chi connectivity index (χ1n) is 14.1. The number of anilines is 1. The Balaban J connectivity index is 1.64. The van der Waals surface area contributed by atoms with Gasteiger partial charge in [-0.25, -0.2) is 0 Å². The number of likely N-dealkylation sites (tertiary alicyclic amines) is 1. The number of benzene rings is 1. The minimum atomic E-state index is -1.49. The SMILES string of the molecule is CC[C@@H](CO)N1C(=O)[C@H]2[C@@H]3C(=O)O[C@@H](C)CNC(=O)CC/C=C\[C@@H]3O[C@]23C=CCN(c2c(C)cccc2Cl)C(=O)[C@H]13. The molecule has 0 bridgehead atoms. The Hall–Kier alpha value is -3.21. The highest BCUT2D eigenvalue weighted by Gasteiger charge is 2.72. The Kier molecular flexibility index (Phi) is 8.27. The van der Waals surface area contributed by atoms with E-state index in [9.17, 15) is 24.3 Å². The van der Waals surface area contributed by atoms with Crippen molar-refractivity contribution in [2.45, 2.75) is 69.9 Å². The van der Waals surface area contributed by atoms with Crippen LogP contribution in [0.15, 0.2) is 42.5 Å². The molecule has 0 aromatic heterocycles. The third-order valence-electron chi connectivity index (χ3n) is 8.51. The number of amides is 3. The van der Waals surface area contributed by atoms with Gasteiger partial charge in [-0.2, -0.15) is 0 Å². The standard InChI is InChI=1S/C30H36ClN3O7/c1-4-19(16-35)34-26-28(38)33(25-17(2)9-7-10-20(25)31)14-8-13-30(26)24(27(34)37)23-21(41-30)11-5-6-12-22(36)32-15-18(3)40-29(23)39/h5,7-11,13,18-19,21,23-24,26,35H,4,6,12,14-16H2,1-3H3,(H,32,36)/b11-5-/t18-,19-,21-,23+,24+,26-,30+/m0/s1. The third kappa shape index (κ3) is 4.96. The lowest BCUT2D eigenvalue weighted by atomic mass is 9.78. The second-order valence-corrected chi connectivity index (χ2v) is 11.5. The molecule has 5 rings (SSSR count). The summed E-state index contributed by atoms with van der Waals surface area (Å²) in [6, 6.07) is 3.53. The van der Waals surface area contributed by atoms with E-state index in [0.29, 0.717) is 23.6 Å². The monoisotopic (exact) mass is 585 g/mol. The van der Waals surface area contributed by atoms with Crippen LogP contribution in [0.1, 0.15) is 38.7 Å². The van der Waals surface area contributed by atoms with Crippen LogP contribution < -0.4 is 10.2 Å². The van der Waals surface area contributed by atoms with Gasteiger partial charge in [0.05, 0.1) is 41.9 Å². The summed E-state index contributed by atoms with van der Waals surface area (Å²) in [7, 11) is 0. The quantitative estimate of drug-likeness (QED) is 0.410. The van der Waals surface area contributed by atoms with Gasteiger partial charge in [-0.3, -0.25) is 19.2 Å². The molecular formula is C30H36ClN3O7. The van der Waals surface area contributed by atoms with Gasteiger partial charge >= 0.3 is 5.97 Å². The molecule has 0 unspecified atom stereocenters. The van der Waals surface area contributed by atoms with Crippen LogP contribution in [0.3, 0.4) is 0 Å². The van der Waals surface area contributed by atoms with E-state index < -0.39 is 59.5 Å². The van der Waals surface area contributed by atoms with Gasteiger partial charge in [-0.15, -0.1) is 0 Å². The van der Waals surface area contributed by atoms with Crippen LogP contribution in [0.5, 0.6) is 0 Å². The number of fused-ring (bicyclic) bond motifs is 2. The van der Waals surface area contributed by atoms with Crippen molar-refractivity contribution in [2.75, 3.05) is 24.6 Å². The number of ether oxygens (including phenoxy) is 2. The maximum absolute atomic E-state index is 14.6. The lowest BCUT2D eigenvalue weighted by molar-refractivity contribution is -0.159. The fraction of sp³-hybridized carbons (Fsp3) is 0.533. The van der Waals surface area contributed by atoms with E-state index >= 15 is 0 Å². The number of hydrogen-bond donors (Lipinski definition) is 2. The summed E-state index contributed by atoms with van der Waals surface area (Å²) in [4.78, 5) is 57.7. The Bertz CT molecular complexity index is 1270. The molecule has 3 amide bonds. The summed E-state index contributed by atoms with van der Waals surface area (Å²) in [5.41, 5.74) is -0.172. The molecule has 2 saturated heterocycles. The number of halogens is 1. The molecule has 4 aliphatic rings. The molecule has 1 spiro atoms. The minimum absolute atomic E-state index is 0.137. The van der Waals surface area contributed by atoms with Crippen molar-refractivity contribution in [2.24, 2.45) is 11.8 Å². The number of rotatable bonds is 4. The molecule has 2 fully saturated rings. The van der Waals surface area contributed by atoms with E-state index in [1.54, 1.807) is 48.3 Å². The zero-order valence-electron chi connectivity index (χ0n) is 23.4. The molecule has 1 aromatic rings. The molecule has 4 aliphatic heterocycles. The molecule has 7 atom stereocenters.